The minimum Gasteiger partial charge on any atom is -0.319 e. The Balaban J connectivity index is 2.39. The van der Waals surface area contributed by atoms with Crippen LogP contribution in [0.2, 0.25) is 0 Å². The lowest BCUT2D eigenvalue weighted by molar-refractivity contribution is 0.585. The molecule has 0 radical (unpaired) electrons. The third-order valence-electron chi connectivity index (χ3n) is 2.76. The number of hydrogen-bond donors (Lipinski definition) is 0. The highest BCUT2D eigenvalue weighted by atomic mass is 31.2. The van der Waals surface area contributed by atoms with Crippen molar-refractivity contribution in [2.75, 3.05) is 12.3 Å². The van der Waals surface area contributed by atoms with E-state index in [1.165, 1.54) is 5.56 Å². The van der Waals surface area contributed by atoms with Gasteiger partial charge in [0.05, 0.1) is 0 Å². The zero-order valence-corrected chi connectivity index (χ0v) is 8.89. The van der Waals surface area contributed by atoms with Crippen LogP contribution in [0.3, 0.4) is 0 Å². The molecular formula is C11H15OP. The largest absolute Gasteiger partial charge is 0.319 e. The zero-order chi connectivity index (χ0) is 9.31. The summed E-state index contributed by atoms with van der Waals surface area (Å²) in [4.78, 5) is 0. The molecule has 70 valence electrons. The van der Waals surface area contributed by atoms with E-state index in [9.17, 15) is 4.57 Å². The van der Waals surface area contributed by atoms with Crippen LogP contribution < -0.4 is 5.30 Å². The van der Waals surface area contributed by atoms with Crippen molar-refractivity contribution >= 4 is 12.4 Å². The van der Waals surface area contributed by atoms with Gasteiger partial charge in [0.15, 0.2) is 0 Å². The molecule has 1 saturated heterocycles. The molecule has 1 aromatic carbocycles. The van der Waals surface area contributed by atoms with E-state index < -0.39 is 7.14 Å². The summed E-state index contributed by atoms with van der Waals surface area (Å²) < 4.78 is 12.4. The number of aryl methyl sites for hydroxylation is 1. The van der Waals surface area contributed by atoms with Gasteiger partial charge in [-0.3, -0.25) is 0 Å². The second-order valence-corrected chi connectivity index (χ2v) is 7.07. The van der Waals surface area contributed by atoms with Gasteiger partial charge in [-0.05, 0) is 25.8 Å². The van der Waals surface area contributed by atoms with Gasteiger partial charge in [0.2, 0.25) is 0 Å². The Morgan fingerprint density at radius 3 is 2.54 bits per heavy atom. The van der Waals surface area contributed by atoms with Gasteiger partial charge in [0, 0.05) is 17.6 Å². The zero-order valence-electron chi connectivity index (χ0n) is 7.99. The normalized spacial score (nSPS) is 20.4. The van der Waals surface area contributed by atoms with Crippen LogP contribution in [-0.4, -0.2) is 12.3 Å². The fourth-order valence-electron chi connectivity index (χ4n) is 1.99. The molecule has 1 fully saturated rings. The third-order valence-corrected chi connectivity index (χ3v) is 6.06. The van der Waals surface area contributed by atoms with Crippen LogP contribution in [0.1, 0.15) is 18.4 Å². The Labute approximate surface area is 79.5 Å². The predicted molar refractivity (Wildman–Crippen MR) is 57.4 cm³/mol. The quantitative estimate of drug-likeness (QED) is 0.628. The number of benzene rings is 1. The fraction of sp³-hybridized carbons (Fsp3) is 0.455. The molecule has 0 amide bonds. The lowest BCUT2D eigenvalue weighted by Gasteiger charge is -2.11. The first kappa shape index (κ1) is 9.02. The maximum Gasteiger partial charge on any atom is 0.115 e. The Kier molecular flexibility index (Phi) is 2.29. The van der Waals surface area contributed by atoms with E-state index in [1.807, 2.05) is 12.1 Å². The van der Waals surface area contributed by atoms with Crippen molar-refractivity contribution in [3.05, 3.63) is 29.8 Å². The van der Waals surface area contributed by atoms with Crippen LogP contribution in [0.15, 0.2) is 24.3 Å². The van der Waals surface area contributed by atoms with Gasteiger partial charge in [0.25, 0.3) is 0 Å². The maximum atomic E-state index is 12.4. The molecular weight excluding hydrogens is 179 g/mol. The topological polar surface area (TPSA) is 17.1 Å². The van der Waals surface area contributed by atoms with Crippen LogP contribution >= 0.6 is 7.14 Å². The van der Waals surface area contributed by atoms with Crippen LogP contribution in [-0.2, 0) is 4.57 Å². The first-order valence-electron chi connectivity index (χ1n) is 4.86. The molecule has 0 atom stereocenters. The average Bonchev–Trinajstić information content (AvgIpc) is 2.54. The summed E-state index contributed by atoms with van der Waals surface area (Å²) in [5.74, 6) is 0. The van der Waals surface area contributed by atoms with E-state index in [4.69, 9.17) is 0 Å². The Bertz CT molecular complexity index is 347. The van der Waals surface area contributed by atoms with E-state index in [1.54, 1.807) is 0 Å². The molecule has 0 bridgehead atoms. The van der Waals surface area contributed by atoms with Crippen molar-refractivity contribution in [1.29, 1.82) is 0 Å². The summed E-state index contributed by atoms with van der Waals surface area (Å²) in [5, 5.41) is 1.10. The Morgan fingerprint density at radius 1 is 1.23 bits per heavy atom. The molecule has 1 aromatic rings. The van der Waals surface area contributed by atoms with Crippen LogP contribution in [0, 0.1) is 6.92 Å². The molecule has 1 heterocycles. The maximum absolute atomic E-state index is 12.4. The molecule has 1 aliphatic rings. The first-order valence-corrected chi connectivity index (χ1v) is 6.94. The molecule has 2 rings (SSSR count). The molecule has 0 unspecified atom stereocenters. The standard InChI is InChI=1S/C11H15OP/c1-10-5-4-6-11(9-10)13(12)7-2-3-8-13/h4-6,9H,2-3,7-8H2,1H3. The molecule has 0 aliphatic carbocycles. The highest BCUT2D eigenvalue weighted by molar-refractivity contribution is 7.71. The van der Waals surface area contributed by atoms with Gasteiger partial charge >= 0.3 is 0 Å². The van der Waals surface area contributed by atoms with Crippen molar-refractivity contribution in [2.24, 2.45) is 0 Å². The van der Waals surface area contributed by atoms with E-state index in [-0.39, 0.29) is 0 Å². The fourth-order valence-corrected chi connectivity index (χ4v) is 4.99. The molecule has 0 N–H and O–H groups in total. The van der Waals surface area contributed by atoms with Gasteiger partial charge in [0.1, 0.15) is 7.14 Å². The van der Waals surface area contributed by atoms with Gasteiger partial charge in [-0.2, -0.15) is 0 Å². The highest BCUT2D eigenvalue weighted by Crippen LogP contribution is 2.50. The molecule has 2 heteroatoms. The molecule has 1 nitrogen and oxygen atoms in total. The number of hydrogen-bond acceptors (Lipinski definition) is 1. The molecule has 1 aliphatic heterocycles. The van der Waals surface area contributed by atoms with Gasteiger partial charge in [-0.15, -0.1) is 0 Å². The second kappa shape index (κ2) is 3.31. The third kappa shape index (κ3) is 1.71. The summed E-state index contributed by atoms with van der Waals surface area (Å²) in [5.41, 5.74) is 1.22. The van der Waals surface area contributed by atoms with Gasteiger partial charge in [-0.1, -0.05) is 23.8 Å². The lowest BCUT2D eigenvalue weighted by Crippen LogP contribution is -2.06. The molecule has 0 aromatic heterocycles. The highest BCUT2D eigenvalue weighted by Gasteiger charge is 2.28. The Hall–Kier alpha value is -0.550. The van der Waals surface area contributed by atoms with E-state index in [2.05, 4.69) is 19.1 Å². The van der Waals surface area contributed by atoms with Crippen molar-refractivity contribution < 1.29 is 4.57 Å². The van der Waals surface area contributed by atoms with Crippen LogP contribution in [0.25, 0.3) is 0 Å². The summed E-state index contributed by atoms with van der Waals surface area (Å²) >= 11 is 0. The van der Waals surface area contributed by atoms with Crippen molar-refractivity contribution in [1.82, 2.24) is 0 Å². The summed E-state index contributed by atoms with van der Waals surface area (Å²) in [6, 6.07) is 8.19. The average molecular weight is 194 g/mol. The minimum absolute atomic E-state index is 0.927. The minimum atomic E-state index is -1.95. The Morgan fingerprint density at radius 2 is 1.92 bits per heavy atom. The monoisotopic (exact) mass is 194 g/mol. The molecule has 0 spiro atoms. The lowest BCUT2D eigenvalue weighted by atomic mass is 10.2. The smallest absolute Gasteiger partial charge is 0.115 e. The summed E-state index contributed by atoms with van der Waals surface area (Å²) in [6.45, 7) is 2.06. The molecule has 0 saturated carbocycles. The molecule has 13 heavy (non-hydrogen) atoms. The van der Waals surface area contributed by atoms with Crippen LogP contribution in [0.5, 0.6) is 0 Å². The van der Waals surface area contributed by atoms with Crippen molar-refractivity contribution in [3.8, 4) is 0 Å². The van der Waals surface area contributed by atoms with Crippen molar-refractivity contribution in [2.45, 2.75) is 19.8 Å². The predicted octanol–water partition coefficient (Wildman–Crippen LogP) is 2.78. The van der Waals surface area contributed by atoms with E-state index in [0.29, 0.717) is 0 Å². The first-order chi connectivity index (χ1) is 6.21. The second-order valence-electron chi connectivity index (χ2n) is 3.88. The van der Waals surface area contributed by atoms with Crippen LogP contribution in [0.4, 0.5) is 0 Å². The van der Waals surface area contributed by atoms with Gasteiger partial charge in [-0.25, -0.2) is 0 Å². The summed E-state index contributed by atoms with van der Waals surface area (Å²) in [7, 11) is -1.95. The van der Waals surface area contributed by atoms with E-state index in [0.717, 1.165) is 30.5 Å². The van der Waals surface area contributed by atoms with Crippen molar-refractivity contribution in [3.63, 3.8) is 0 Å². The number of rotatable bonds is 1. The SMILES string of the molecule is Cc1cccc(P2(=O)CCCC2)c1. The van der Waals surface area contributed by atoms with E-state index >= 15 is 0 Å². The summed E-state index contributed by atoms with van der Waals surface area (Å²) in [6.07, 6.45) is 4.14. The van der Waals surface area contributed by atoms with Gasteiger partial charge < -0.3 is 4.57 Å².